The van der Waals surface area contributed by atoms with Crippen molar-refractivity contribution >= 4 is 44.9 Å². The van der Waals surface area contributed by atoms with Crippen LogP contribution in [0.2, 0.25) is 5.02 Å². The summed E-state index contributed by atoms with van der Waals surface area (Å²) in [7, 11) is 0. The summed E-state index contributed by atoms with van der Waals surface area (Å²) >= 11 is 8.28. The van der Waals surface area contributed by atoms with Crippen molar-refractivity contribution in [2.24, 2.45) is 5.92 Å². The summed E-state index contributed by atoms with van der Waals surface area (Å²) in [5.41, 5.74) is 5.18. The number of ether oxygens (including phenoxy) is 1. The van der Waals surface area contributed by atoms with Gasteiger partial charge in [0.1, 0.15) is 5.60 Å². The zero-order valence-corrected chi connectivity index (χ0v) is 21.8. The number of benzene rings is 1. The Bertz CT molecular complexity index is 1320. The van der Waals surface area contributed by atoms with E-state index >= 15 is 0 Å². The molecule has 8 heteroatoms. The van der Waals surface area contributed by atoms with E-state index in [4.69, 9.17) is 16.3 Å². The first-order valence-corrected chi connectivity index (χ1v) is 13.5. The first-order chi connectivity index (χ1) is 16.7. The van der Waals surface area contributed by atoms with Crippen molar-refractivity contribution in [3.63, 3.8) is 0 Å². The van der Waals surface area contributed by atoms with E-state index in [1.54, 1.807) is 11.3 Å². The Balaban J connectivity index is 1.41. The standard InChI is InChI=1S/C27H30ClN3O3S/c1-27(2,3)34-26(33)30-7-5-17(13-30)31-12-15-8-20(15)22-10-16(28)9-21(24(22)31)19-4-6-29-23-11-18(14-32)35-25(19)23/h4,6,9-11,15,17,20,32H,5,7-8,12-14H2,1-3H3. The van der Waals surface area contributed by atoms with E-state index in [9.17, 15) is 9.90 Å². The summed E-state index contributed by atoms with van der Waals surface area (Å²) in [4.78, 5) is 22.6. The molecule has 0 radical (unpaired) electrons. The second-order valence-corrected chi connectivity index (χ2v) is 12.5. The van der Waals surface area contributed by atoms with E-state index < -0.39 is 5.60 Å². The first kappa shape index (κ1) is 23.1. The monoisotopic (exact) mass is 511 g/mol. The van der Waals surface area contributed by atoms with Crippen molar-refractivity contribution in [2.75, 3.05) is 24.5 Å². The molecule has 4 heterocycles. The Labute approximate surface area is 214 Å². The lowest BCUT2D eigenvalue weighted by Crippen LogP contribution is -2.43. The molecular weight excluding hydrogens is 482 g/mol. The normalized spacial score (nSPS) is 23.4. The maximum atomic E-state index is 12.8. The van der Waals surface area contributed by atoms with Gasteiger partial charge in [0, 0.05) is 58.6 Å². The number of aromatic nitrogens is 1. The van der Waals surface area contributed by atoms with Crippen LogP contribution in [0.3, 0.4) is 0 Å². The molecule has 1 aromatic carbocycles. The summed E-state index contributed by atoms with van der Waals surface area (Å²) in [6.07, 6.45) is 3.71. The van der Waals surface area contributed by atoms with Crippen LogP contribution < -0.4 is 4.90 Å². The van der Waals surface area contributed by atoms with E-state index in [1.807, 2.05) is 37.9 Å². The summed E-state index contributed by atoms with van der Waals surface area (Å²) in [6.45, 7) is 8.09. The van der Waals surface area contributed by atoms with Crippen molar-refractivity contribution in [3.8, 4) is 11.1 Å². The predicted octanol–water partition coefficient (Wildman–Crippen LogP) is 6.04. The quantitative estimate of drug-likeness (QED) is 0.464. The molecular formula is C27H30ClN3O3S. The van der Waals surface area contributed by atoms with E-state index in [-0.39, 0.29) is 18.7 Å². The van der Waals surface area contributed by atoms with Gasteiger partial charge in [0.15, 0.2) is 0 Å². The Morgan fingerprint density at radius 1 is 1.26 bits per heavy atom. The predicted molar refractivity (Wildman–Crippen MR) is 140 cm³/mol. The molecule has 3 unspecified atom stereocenters. The average Bonchev–Trinajstić information content (AvgIpc) is 3.22. The van der Waals surface area contributed by atoms with Crippen LogP contribution in [-0.2, 0) is 11.3 Å². The third-order valence-electron chi connectivity index (χ3n) is 7.31. The SMILES string of the molecule is CC(C)(C)OC(=O)N1CCC(N2CC3CC3c3cc(Cl)cc(-c4ccnc5cc(CO)sc45)c32)C1. The largest absolute Gasteiger partial charge is 0.444 e. The Hall–Kier alpha value is -2.35. The molecule has 6 rings (SSSR count). The number of rotatable bonds is 3. The maximum Gasteiger partial charge on any atom is 0.410 e. The molecule has 3 atom stereocenters. The fourth-order valence-corrected chi connectivity index (χ4v) is 6.93. The van der Waals surface area contributed by atoms with Gasteiger partial charge in [0.25, 0.3) is 0 Å². The smallest absolute Gasteiger partial charge is 0.410 e. The van der Waals surface area contributed by atoms with Gasteiger partial charge in [-0.25, -0.2) is 4.79 Å². The number of anilines is 1. The molecule has 3 aromatic rings. The van der Waals surface area contributed by atoms with Crippen LogP contribution in [-0.4, -0.2) is 52.4 Å². The topological polar surface area (TPSA) is 65.9 Å². The fourth-order valence-electron chi connectivity index (χ4n) is 5.70. The molecule has 35 heavy (non-hydrogen) atoms. The molecule has 1 saturated heterocycles. The number of amides is 1. The molecule has 184 valence electrons. The van der Waals surface area contributed by atoms with Crippen LogP contribution in [0.1, 0.15) is 50.0 Å². The Morgan fingerprint density at radius 3 is 2.86 bits per heavy atom. The summed E-state index contributed by atoms with van der Waals surface area (Å²) < 4.78 is 6.72. The zero-order chi connectivity index (χ0) is 24.5. The number of hydrogen-bond donors (Lipinski definition) is 1. The van der Waals surface area contributed by atoms with Gasteiger partial charge in [-0.3, -0.25) is 4.98 Å². The maximum absolute atomic E-state index is 12.8. The number of hydrogen-bond acceptors (Lipinski definition) is 6. The number of aliphatic hydroxyl groups excluding tert-OH is 1. The van der Waals surface area contributed by atoms with Crippen LogP contribution in [0.15, 0.2) is 30.5 Å². The van der Waals surface area contributed by atoms with Crippen LogP contribution in [0.5, 0.6) is 0 Å². The average molecular weight is 512 g/mol. The molecule has 6 nitrogen and oxygen atoms in total. The first-order valence-electron chi connectivity index (χ1n) is 12.3. The molecule has 2 aliphatic heterocycles. The molecule has 3 aliphatic rings. The van der Waals surface area contributed by atoms with Gasteiger partial charge in [-0.15, -0.1) is 11.3 Å². The minimum absolute atomic E-state index is 0.00652. The van der Waals surface area contributed by atoms with Gasteiger partial charge in [-0.2, -0.15) is 0 Å². The lowest BCUT2D eigenvalue weighted by Gasteiger charge is -2.38. The van der Waals surface area contributed by atoms with E-state index in [2.05, 4.69) is 28.1 Å². The second kappa shape index (κ2) is 8.36. The highest BCUT2D eigenvalue weighted by molar-refractivity contribution is 7.19. The fraction of sp³-hybridized carbons (Fsp3) is 0.481. The molecule has 1 N–H and O–H groups in total. The number of thiophene rings is 1. The lowest BCUT2D eigenvalue weighted by molar-refractivity contribution is 0.0292. The van der Waals surface area contributed by atoms with Gasteiger partial charge < -0.3 is 19.6 Å². The number of carbonyl (C=O) groups is 1. The summed E-state index contributed by atoms with van der Waals surface area (Å²) in [5.74, 6) is 1.19. The zero-order valence-electron chi connectivity index (χ0n) is 20.3. The van der Waals surface area contributed by atoms with Crippen LogP contribution in [0.25, 0.3) is 21.3 Å². The highest BCUT2D eigenvalue weighted by Gasteiger charge is 2.48. The number of carbonyl (C=O) groups excluding carboxylic acids is 1. The van der Waals surface area contributed by atoms with Gasteiger partial charge in [0.2, 0.25) is 0 Å². The van der Waals surface area contributed by atoms with Gasteiger partial charge in [0.05, 0.1) is 16.8 Å². The number of pyridine rings is 1. The van der Waals surface area contributed by atoms with Crippen LogP contribution in [0, 0.1) is 5.92 Å². The summed E-state index contributed by atoms with van der Waals surface area (Å²) in [5, 5.41) is 10.5. The molecule has 0 spiro atoms. The summed E-state index contributed by atoms with van der Waals surface area (Å²) in [6, 6.07) is 8.47. The lowest BCUT2D eigenvalue weighted by atomic mass is 9.92. The number of likely N-dealkylation sites (tertiary alicyclic amines) is 1. The second-order valence-electron chi connectivity index (χ2n) is 11.0. The van der Waals surface area contributed by atoms with Crippen molar-refractivity contribution in [3.05, 3.63) is 45.9 Å². The molecule has 0 bridgehead atoms. The molecule has 2 fully saturated rings. The van der Waals surface area contributed by atoms with Crippen molar-refractivity contribution in [1.29, 1.82) is 0 Å². The van der Waals surface area contributed by atoms with Gasteiger partial charge >= 0.3 is 6.09 Å². The van der Waals surface area contributed by atoms with Gasteiger partial charge in [-0.05, 0) is 75.3 Å². The molecule has 1 amide bonds. The number of aliphatic hydroxyl groups is 1. The number of nitrogens with zero attached hydrogens (tertiary/aromatic N) is 3. The highest BCUT2D eigenvalue weighted by Crippen LogP contribution is 2.58. The van der Waals surface area contributed by atoms with E-state index in [1.165, 1.54) is 17.7 Å². The molecule has 1 aliphatic carbocycles. The van der Waals surface area contributed by atoms with Crippen molar-refractivity contribution < 1.29 is 14.6 Å². The number of halogens is 1. The third-order valence-corrected chi connectivity index (χ3v) is 8.67. The Kier molecular flexibility index (Phi) is 5.51. The number of fused-ring (bicyclic) bond motifs is 4. The van der Waals surface area contributed by atoms with Gasteiger partial charge in [-0.1, -0.05) is 11.6 Å². The van der Waals surface area contributed by atoms with Crippen molar-refractivity contribution in [2.45, 2.75) is 57.8 Å². The highest BCUT2D eigenvalue weighted by atomic mass is 35.5. The van der Waals surface area contributed by atoms with Crippen LogP contribution >= 0.6 is 22.9 Å². The van der Waals surface area contributed by atoms with E-state index in [0.29, 0.717) is 24.9 Å². The van der Waals surface area contributed by atoms with Crippen molar-refractivity contribution in [1.82, 2.24) is 9.88 Å². The van der Waals surface area contributed by atoms with Crippen LogP contribution in [0.4, 0.5) is 10.5 Å². The minimum atomic E-state index is -0.501. The van der Waals surface area contributed by atoms with E-state index in [0.717, 1.165) is 44.2 Å². The molecule has 2 aromatic heterocycles. The molecule has 1 saturated carbocycles. The minimum Gasteiger partial charge on any atom is -0.444 e. The third kappa shape index (κ3) is 4.17. The Morgan fingerprint density at radius 2 is 2.09 bits per heavy atom.